The van der Waals surface area contributed by atoms with Gasteiger partial charge in [0.2, 0.25) is 0 Å². The Morgan fingerprint density at radius 1 is 1.19 bits per heavy atom. The molecule has 0 aliphatic heterocycles. The second-order valence-electron chi connectivity index (χ2n) is 5.84. The topological polar surface area (TPSA) is 12.0 Å². The first-order chi connectivity index (χ1) is 9.90. The van der Waals surface area contributed by atoms with Gasteiger partial charge in [0, 0.05) is 16.2 Å². The summed E-state index contributed by atoms with van der Waals surface area (Å²) in [6.45, 7) is 2.18. The molecule has 0 radical (unpaired) electrons. The number of alkyl halides is 3. The van der Waals surface area contributed by atoms with Gasteiger partial charge in [0.1, 0.15) is 0 Å². The van der Waals surface area contributed by atoms with E-state index in [2.05, 4.69) is 28.2 Å². The van der Waals surface area contributed by atoms with Gasteiger partial charge in [-0.25, -0.2) is 0 Å². The van der Waals surface area contributed by atoms with Crippen LogP contribution in [0.3, 0.4) is 0 Å². The van der Waals surface area contributed by atoms with Gasteiger partial charge in [-0.05, 0) is 49.8 Å². The molecule has 1 N–H and O–H groups in total. The summed E-state index contributed by atoms with van der Waals surface area (Å²) in [4.78, 5) is 0. The lowest BCUT2D eigenvalue weighted by atomic mass is 9.83. The Balaban J connectivity index is 2.04. The molecule has 1 saturated carbocycles. The lowest BCUT2D eigenvalue weighted by molar-refractivity contribution is -0.137. The van der Waals surface area contributed by atoms with E-state index in [9.17, 15) is 13.2 Å². The molecule has 1 fully saturated rings. The number of benzene rings is 1. The van der Waals surface area contributed by atoms with Gasteiger partial charge in [-0.15, -0.1) is 0 Å². The second-order valence-corrected chi connectivity index (χ2v) is 6.75. The zero-order valence-electron chi connectivity index (χ0n) is 12.1. The number of halogens is 4. The standard InChI is InChI=1S/C16H21BrF3N/c1-2-3-11-4-7-13(8-5-11)21-15-9-6-12(17)10-14(15)16(18,19)20/h6,9-11,13,21H,2-5,7-8H2,1H3. The van der Waals surface area contributed by atoms with E-state index < -0.39 is 11.7 Å². The summed E-state index contributed by atoms with van der Waals surface area (Å²) in [7, 11) is 0. The van der Waals surface area contributed by atoms with Crippen LogP contribution >= 0.6 is 15.9 Å². The fraction of sp³-hybridized carbons (Fsp3) is 0.625. The smallest absolute Gasteiger partial charge is 0.382 e. The molecule has 0 bridgehead atoms. The highest BCUT2D eigenvalue weighted by atomic mass is 79.9. The van der Waals surface area contributed by atoms with Crippen LogP contribution in [0.2, 0.25) is 0 Å². The van der Waals surface area contributed by atoms with E-state index in [1.165, 1.54) is 18.9 Å². The van der Waals surface area contributed by atoms with Crippen molar-refractivity contribution < 1.29 is 13.2 Å². The van der Waals surface area contributed by atoms with Gasteiger partial charge in [-0.2, -0.15) is 13.2 Å². The minimum absolute atomic E-state index is 0.153. The maximum Gasteiger partial charge on any atom is 0.418 e. The Morgan fingerprint density at radius 2 is 1.86 bits per heavy atom. The van der Waals surface area contributed by atoms with Crippen molar-refractivity contribution in [2.75, 3.05) is 5.32 Å². The van der Waals surface area contributed by atoms with Gasteiger partial charge in [0.25, 0.3) is 0 Å². The van der Waals surface area contributed by atoms with Gasteiger partial charge in [-0.3, -0.25) is 0 Å². The molecule has 0 saturated heterocycles. The fourth-order valence-electron chi connectivity index (χ4n) is 3.10. The van der Waals surface area contributed by atoms with Crippen LogP contribution in [0.5, 0.6) is 0 Å². The third-order valence-electron chi connectivity index (χ3n) is 4.19. The third kappa shape index (κ3) is 4.63. The molecule has 5 heteroatoms. The van der Waals surface area contributed by atoms with E-state index in [1.54, 1.807) is 6.07 Å². The van der Waals surface area contributed by atoms with E-state index >= 15 is 0 Å². The monoisotopic (exact) mass is 363 g/mol. The van der Waals surface area contributed by atoms with Crippen LogP contribution in [0.25, 0.3) is 0 Å². The largest absolute Gasteiger partial charge is 0.418 e. The molecule has 0 heterocycles. The maximum atomic E-state index is 13.1. The summed E-state index contributed by atoms with van der Waals surface area (Å²) in [5.41, 5.74) is -0.391. The molecule has 21 heavy (non-hydrogen) atoms. The van der Waals surface area contributed by atoms with Gasteiger partial charge in [0.15, 0.2) is 0 Å². The zero-order chi connectivity index (χ0) is 15.5. The summed E-state index contributed by atoms with van der Waals surface area (Å²) in [6.07, 6.45) is 2.24. The highest BCUT2D eigenvalue weighted by molar-refractivity contribution is 9.10. The summed E-state index contributed by atoms with van der Waals surface area (Å²) in [6, 6.07) is 4.47. The Labute approximate surface area is 132 Å². The first kappa shape index (κ1) is 16.7. The van der Waals surface area contributed by atoms with Crippen LogP contribution in [0.1, 0.15) is 51.0 Å². The minimum atomic E-state index is -4.33. The first-order valence-electron chi connectivity index (χ1n) is 7.53. The average Bonchev–Trinajstić information content (AvgIpc) is 2.42. The molecule has 1 aliphatic carbocycles. The zero-order valence-corrected chi connectivity index (χ0v) is 13.7. The van der Waals surface area contributed by atoms with Crippen LogP contribution in [0.4, 0.5) is 18.9 Å². The second kappa shape index (κ2) is 7.03. The van der Waals surface area contributed by atoms with Crippen LogP contribution in [0.15, 0.2) is 22.7 Å². The average molecular weight is 364 g/mol. The van der Waals surface area contributed by atoms with Crippen LogP contribution in [-0.4, -0.2) is 6.04 Å². The third-order valence-corrected chi connectivity index (χ3v) is 4.68. The number of hydrogen-bond acceptors (Lipinski definition) is 1. The van der Waals surface area contributed by atoms with E-state index in [4.69, 9.17) is 0 Å². The van der Waals surface area contributed by atoms with Crippen molar-refractivity contribution in [3.8, 4) is 0 Å². The fourth-order valence-corrected chi connectivity index (χ4v) is 3.46. The molecule has 0 amide bonds. The predicted octanol–water partition coefficient (Wildman–Crippen LogP) is 6.24. The van der Waals surface area contributed by atoms with E-state index in [0.717, 1.165) is 37.7 Å². The van der Waals surface area contributed by atoms with Gasteiger partial charge < -0.3 is 5.32 Å². The molecule has 0 spiro atoms. The summed E-state index contributed by atoms with van der Waals surface area (Å²) >= 11 is 3.11. The summed E-state index contributed by atoms with van der Waals surface area (Å²) in [5, 5.41) is 3.11. The molecule has 1 aromatic rings. The molecule has 118 valence electrons. The van der Waals surface area contributed by atoms with Gasteiger partial charge in [0.05, 0.1) is 5.56 Å². The van der Waals surface area contributed by atoms with Crippen molar-refractivity contribution in [1.29, 1.82) is 0 Å². The summed E-state index contributed by atoms with van der Waals surface area (Å²) < 4.78 is 39.7. The molecule has 0 aromatic heterocycles. The van der Waals surface area contributed by atoms with Crippen molar-refractivity contribution >= 4 is 21.6 Å². The Morgan fingerprint density at radius 3 is 2.43 bits per heavy atom. The van der Waals surface area contributed by atoms with Crippen molar-refractivity contribution in [2.24, 2.45) is 5.92 Å². The number of hydrogen-bond donors (Lipinski definition) is 1. The maximum absolute atomic E-state index is 13.1. The Bertz CT molecular complexity index is 465. The highest BCUT2D eigenvalue weighted by Gasteiger charge is 2.34. The highest BCUT2D eigenvalue weighted by Crippen LogP contribution is 2.38. The van der Waals surface area contributed by atoms with Crippen molar-refractivity contribution in [3.63, 3.8) is 0 Å². The molecule has 1 nitrogen and oxygen atoms in total. The molecular weight excluding hydrogens is 343 g/mol. The lowest BCUT2D eigenvalue weighted by Crippen LogP contribution is -2.27. The van der Waals surface area contributed by atoms with Gasteiger partial charge in [-0.1, -0.05) is 35.7 Å². The molecule has 1 aliphatic rings. The minimum Gasteiger partial charge on any atom is -0.382 e. The van der Waals surface area contributed by atoms with E-state index in [0.29, 0.717) is 4.47 Å². The van der Waals surface area contributed by atoms with E-state index in [-0.39, 0.29) is 11.7 Å². The number of anilines is 1. The van der Waals surface area contributed by atoms with Crippen LogP contribution in [-0.2, 0) is 6.18 Å². The normalized spacial score (nSPS) is 23.1. The molecule has 0 unspecified atom stereocenters. The molecule has 2 rings (SSSR count). The number of nitrogens with one attached hydrogen (secondary N) is 1. The van der Waals surface area contributed by atoms with Crippen LogP contribution in [0, 0.1) is 5.92 Å². The number of rotatable bonds is 4. The lowest BCUT2D eigenvalue weighted by Gasteiger charge is -2.30. The van der Waals surface area contributed by atoms with Crippen LogP contribution < -0.4 is 5.32 Å². The quantitative estimate of drug-likeness (QED) is 0.667. The summed E-state index contributed by atoms with van der Waals surface area (Å²) in [5.74, 6) is 0.750. The van der Waals surface area contributed by atoms with Crippen molar-refractivity contribution in [3.05, 3.63) is 28.2 Å². The van der Waals surface area contributed by atoms with Crippen molar-refractivity contribution in [1.82, 2.24) is 0 Å². The Hall–Kier alpha value is -0.710. The molecule has 1 aromatic carbocycles. The Kier molecular flexibility index (Phi) is 5.58. The molecular formula is C16H21BrF3N. The van der Waals surface area contributed by atoms with E-state index in [1.807, 2.05) is 0 Å². The predicted molar refractivity (Wildman–Crippen MR) is 83.4 cm³/mol. The first-order valence-corrected chi connectivity index (χ1v) is 8.32. The van der Waals surface area contributed by atoms with Crippen molar-refractivity contribution in [2.45, 2.75) is 57.7 Å². The van der Waals surface area contributed by atoms with Gasteiger partial charge >= 0.3 is 6.18 Å². The SMILES string of the molecule is CCCC1CCC(Nc2ccc(Br)cc2C(F)(F)F)CC1. The molecule has 0 atom stereocenters.